The van der Waals surface area contributed by atoms with E-state index in [1.54, 1.807) is 6.20 Å². The largest absolute Gasteiger partial charge is 0.457 e. The molecule has 0 unspecified atom stereocenters. The summed E-state index contributed by atoms with van der Waals surface area (Å²) >= 11 is 0. The fraction of sp³-hybridized carbons (Fsp3) is 0.0769. The van der Waals surface area contributed by atoms with Gasteiger partial charge in [0.15, 0.2) is 0 Å². The monoisotopic (exact) mass is 210 g/mol. The van der Waals surface area contributed by atoms with Crippen molar-refractivity contribution in [3.8, 4) is 17.0 Å². The summed E-state index contributed by atoms with van der Waals surface area (Å²) in [6.07, 6.45) is 1.76. The Morgan fingerprint density at radius 3 is 2.88 bits per heavy atom. The molecule has 1 aliphatic heterocycles. The Kier molecular flexibility index (Phi) is 1.80. The van der Waals surface area contributed by atoms with Crippen LogP contribution >= 0.6 is 0 Å². The fourth-order valence-corrected chi connectivity index (χ4v) is 1.82. The smallest absolute Gasteiger partial charge is 0.136 e. The molecule has 78 valence electrons. The van der Waals surface area contributed by atoms with Crippen molar-refractivity contribution in [1.29, 1.82) is 0 Å². The molecule has 0 spiro atoms. The van der Waals surface area contributed by atoms with E-state index < -0.39 is 0 Å². The highest BCUT2D eigenvalue weighted by Gasteiger charge is 2.21. The third-order valence-corrected chi connectivity index (χ3v) is 2.58. The van der Waals surface area contributed by atoms with Crippen LogP contribution in [0.15, 0.2) is 37.0 Å². The summed E-state index contributed by atoms with van der Waals surface area (Å²) in [7, 11) is 0. The van der Waals surface area contributed by atoms with Crippen LogP contribution in [0.25, 0.3) is 17.0 Å². The van der Waals surface area contributed by atoms with Crippen LogP contribution in [0, 0.1) is 6.92 Å². The zero-order valence-corrected chi connectivity index (χ0v) is 8.90. The van der Waals surface area contributed by atoms with Gasteiger partial charge in [0, 0.05) is 11.8 Å². The summed E-state index contributed by atoms with van der Waals surface area (Å²) in [5.74, 6) is 2.16. The minimum atomic E-state index is 0.605. The number of benzene rings is 1. The average Bonchev–Trinajstić information content (AvgIpc) is 2.29. The summed E-state index contributed by atoms with van der Waals surface area (Å²) in [4.78, 5) is 8.62. The lowest BCUT2D eigenvalue weighted by Crippen LogP contribution is -2.07. The van der Waals surface area contributed by atoms with E-state index in [2.05, 4.69) is 16.5 Å². The molecule has 0 saturated carbocycles. The van der Waals surface area contributed by atoms with E-state index in [4.69, 9.17) is 4.74 Å². The minimum Gasteiger partial charge on any atom is -0.457 e. The maximum absolute atomic E-state index is 5.62. The van der Waals surface area contributed by atoms with Crippen molar-refractivity contribution in [1.82, 2.24) is 9.97 Å². The van der Waals surface area contributed by atoms with Crippen LogP contribution in [-0.4, -0.2) is 9.97 Å². The molecule has 3 nitrogen and oxygen atoms in total. The first-order chi connectivity index (χ1) is 7.75. The van der Waals surface area contributed by atoms with Gasteiger partial charge in [-0.25, -0.2) is 9.97 Å². The predicted molar refractivity (Wildman–Crippen MR) is 61.9 cm³/mol. The molecule has 0 atom stereocenters. The van der Waals surface area contributed by atoms with Crippen LogP contribution < -0.4 is 4.74 Å². The van der Waals surface area contributed by atoms with Gasteiger partial charge in [0.25, 0.3) is 0 Å². The van der Waals surface area contributed by atoms with Crippen LogP contribution in [0.1, 0.15) is 11.4 Å². The number of aromatic nitrogens is 2. The first-order valence-electron chi connectivity index (χ1n) is 5.06. The lowest BCUT2D eigenvalue weighted by molar-refractivity contribution is 0.512. The van der Waals surface area contributed by atoms with E-state index in [0.29, 0.717) is 5.76 Å². The molecule has 2 aromatic rings. The highest BCUT2D eigenvalue weighted by molar-refractivity contribution is 5.83. The molecule has 0 saturated heterocycles. The van der Waals surface area contributed by atoms with E-state index >= 15 is 0 Å². The maximum Gasteiger partial charge on any atom is 0.136 e. The zero-order valence-electron chi connectivity index (χ0n) is 8.90. The van der Waals surface area contributed by atoms with E-state index in [9.17, 15) is 0 Å². The van der Waals surface area contributed by atoms with Gasteiger partial charge in [-0.3, -0.25) is 0 Å². The maximum atomic E-state index is 5.62. The molecular weight excluding hydrogens is 200 g/mol. The number of rotatable bonds is 0. The van der Waals surface area contributed by atoms with Crippen LogP contribution in [0.3, 0.4) is 0 Å². The normalized spacial score (nSPS) is 12.7. The van der Waals surface area contributed by atoms with Gasteiger partial charge in [0.2, 0.25) is 0 Å². The first kappa shape index (κ1) is 9.09. The van der Waals surface area contributed by atoms with Crippen molar-refractivity contribution in [2.24, 2.45) is 0 Å². The molecule has 0 fully saturated rings. The molecule has 0 bridgehead atoms. The van der Waals surface area contributed by atoms with Crippen LogP contribution in [0.2, 0.25) is 0 Å². The first-order valence-corrected chi connectivity index (χ1v) is 5.06. The van der Waals surface area contributed by atoms with Crippen LogP contribution in [-0.2, 0) is 0 Å². The summed E-state index contributed by atoms with van der Waals surface area (Å²) in [5.41, 5.74) is 2.76. The Morgan fingerprint density at radius 1 is 1.19 bits per heavy atom. The van der Waals surface area contributed by atoms with Crippen molar-refractivity contribution in [2.45, 2.75) is 6.92 Å². The molecule has 16 heavy (non-hydrogen) atoms. The third kappa shape index (κ3) is 1.21. The number of fused-ring (bicyclic) bond motifs is 3. The topological polar surface area (TPSA) is 35.0 Å². The van der Waals surface area contributed by atoms with Gasteiger partial charge in [-0.2, -0.15) is 0 Å². The molecule has 3 rings (SSSR count). The average molecular weight is 210 g/mol. The second-order valence-electron chi connectivity index (χ2n) is 3.70. The fourth-order valence-electron chi connectivity index (χ4n) is 1.82. The van der Waals surface area contributed by atoms with E-state index in [1.807, 2.05) is 31.2 Å². The molecule has 0 aliphatic carbocycles. The summed E-state index contributed by atoms with van der Waals surface area (Å²) in [6.45, 7) is 5.76. The summed E-state index contributed by atoms with van der Waals surface area (Å²) in [6, 6.07) is 7.82. The number of hydrogen-bond acceptors (Lipinski definition) is 3. The van der Waals surface area contributed by atoms with Gasteiger partial charge in [0.05, 0.1) is 11.3 Å². The lowest BCUT2D eigenvalue weighted by Gasteiger charge is -2.20. The Hall–Kier alpha value is -2.16. The SMILES string of the molecule is C=C1Oc2ccccc2-c2nc(C)ncc21. The van der Waals surface area contributed by atoms with Gasteiger partial charge >= 0.3 is 0 Å². The number of para-hydroxylation sites is 1. The second-order valence-corrected chi connectivity index (χ2v) is 3.70. The molecule has 3 heteroatoms. The van der Waals surface area contributed by atoms with Gasteiger partial charge in [0.1, 0.15) is 17.3 Å². The Morgan fingerprint density at radius 2 is 2.00 bits per heavy atom. The third-order valence-electron chi connectivity index (χ3n) is 2.58. The molecule has 1 aromatic carbocycles. The standard InChI is InChI=1S/C13H10N2O/c1-8-11-7-14-9(2)15-13(11)10-5-3-4-6-12(10)16-8/h3-7H,1H2,2H3. The van der Waals surface area contributed by atoms with Crippen LogP contribution in [0.5, 0.6) is 5.75 Å². The lowest BCUT2D eigenvalue weighted by atomic mass is 10.0. The summed E-state index contributed by atoms with van der Waals surface area (Å²) < 4.78 is 5.62. The van der Waals surface area contributed by atoms with E-state index in [-0.39, 0.29) is 0 Å². The predicted octanol–water partition coefficient (Wildman–Crippen LogP) is 2.82. The molecular formula is C13H10N2O. The van der Waals surface area contributed by atoms with Crippen molar-refractivity contribution in [3.05, 3.63) is 48.4 Å². The number of aryl methyl sites for hydroxylation is 1. The molecule has 0 N–H and O–H groups in total. The Balaban J connectivity index is 2.34. The van der Waals surface area contributed by atoms with Gasteiger partial charge in [-0.15, -0.1) is 0 Å². The molecule has 1 aliphatic rings. The van der Waals surface area contributed by atoms with E-state index in [0.717, 1.165) is 28.4 Å². The highest BCUT2D eigenvalue weighted by Crippen LogP contribution is 2.39. The van der Waals surface area contributed by atoms with Crippen LogP contribution in [0.4, 0.5) is 0 Å². The van der Waals surface area contributed by atoms with Crippen molar-refractivity contribution >= 4 is 5.76 Å². The van der Waals surface area contributed by atoms with Crippen molar-refractivity contribution < 1.29 is 4.74 Å². The minimum absolute atomic E-state index is 0.605. The molecule has 1 aromatic heterocycles. The summed E-state index contributed by atoms with van der Waals surface area (Å²) in [5, 5.41) is 0. The molecule has 0 radical (unpaired) electrons. The number of nitrogens with zero attached hydrogens (tertiary/aromatic N) is 2. The highest BCUT2D eigenvalue weighted by atomic mass is 16.5. The quantitative estimate of drug-likeness (QED) is 0.670. The van der Waals surface area contributed by atoms with Gasteiger partial charge in [-0.1, -0.05) is 18.7 Å². The Labute approximate surface area is 93.4 Å². The molecule has 2 heterocycles. The number of hydrogen-bond donors (Lipinski definition) is 0. The van der Waals surface area contributed by atoms with Crippen molar-refractivity contribution in [3.63, 3.8) is 0 Å². The van der Waals surface area contributed by atoms with E-state index in [1.165, 1.54) is 0 Å². The Bertz CT molecular complexity index is 590. The number of ether oxygens (including phenoxy) is 1. The molecule has 0 amide bonds. The van der Waals surface area contributed by atoms with Crippen molar-refractivity contribution in [2.75, 3.05) is 0 Å². The zero-order chi connectivity index (χ0) is 11.1. The second kappa shape index (κ2) is 3.17. The van der Waals surface area contributed by atoms with Gasteiger partial charge in [-0.05, 0) is 19.1 Å². The van der Waals surface area contributed by atoms with Gasteiger partial charge < -0.3 is 4.74 Å².